The summed E-state index contributed by atoms with van der Waals surface area (Å²) >= 11 is 5.03. The van der Waals surface area contributed by atoms with Crippen molar-refractivity contribution in [1.82, 2.24) is 4.90 Å². The number of thiocarbonyl (C=S) groups is 1. The van der Waals surface area contributed by atoms with E-state index in [0.717, 1.165) is 26.0 Å². The van der Waals surface area contributed by atoms with Crippen LogP contribution in [0.5, 0.6) is 0 Å². The molecule has 2 fully saturated rings. The fraction of sp³-hybridized carbons (Fsp3) is 0.933. The van der Waals surface area contributed by atoms with Gasteiger partial charge in [-0.25, -0.2) is 0 Å². The van der Waals surface area contributed by atoms with Crippen LogP contribution in [0.25, 0.3) is 0 Å². The first-order chi connectivity index (χ1) is 9.02. The average molecular weight is 284 g/mol. The zero-order valence-corrected chi connectivity index (χ0v) is 13.2. The number of nitrogens with two attached hydrogens (primary N) is 1. The zero-order valence-electron chi connectivity index (χ0n) is 12.4. The normalized spacial score (nSPS) is 26.4. The highest BCUT2D eigenvalue weighted by Crippen LogP contribution is 2.41. The van der Waals surface area contributed by atoms with Crippen LogP contribution in [0.15, 0.2) is 0 Å². The Hall–Kier alpha value is -0.190. The van der Waals surface area contributed by atoms with Crippen LogP contribution >= 0.6 is 12.2 Å². The molecule has 4 heteroatoms. The minimum atomic E-state index is 0.194. The molecule has 0 amide bonds. The van der Waals surface area contributed by atoms with Crippen molar-refractivity contribution in [3.8, 4) is 0 Å². The minimum Gasteiger partial charge on any atom is -0.393 e. The Morgan fingerprint density at radius 2 is 2.11 bits per heavy atom. The third-order valence-electron chi connectivity index (χ3n) is 4.73. The Morgan fingerprint density at radius 1 is 1.42 bits per heavy atom. The molecule has 1 heterocycles. The molecule has 110 valence electrons. The third kappa shape index (κ3) is 3.89. The van der Waals surface area contributed by atoms with Crippen LogP contribution in [0, 0.1) is 0 Å². The summed E-state index contributed by atoms with van der Waals surface area (Å²) in [6, 6.07) is 1.19. The highest BCUT2D eigenvalue weighted by atomic mass is 32.1. The van der Waals surface area contributed by atoms with Gasteiger partial charge in [-0.1, -0.05) is 25.1 Å². The van der Waals surface area contributed by atoms with Gasteiger partial charge in [0.25, 0.3) is 0 Å². The maximum atomic E-state index is 6.14. The van der Waals surface area contributed by atoms with Crippen LogP contribution in [0.3, 0.4) is 0 Å². The van der Waals surface area contributed by atoms with Crippen LogP contribution in [-0.4, -0.2) is 40.7 Å². The standard InChI is InChI=1S/C15H28N2OS/c1-12(2)17(9-5-14(16)19)13-6-10-18-15(11-13)7-3-4-8-15/h12-13H,3-11H2,1-2H3,(H2,16,19). The van der Waals surface area contributed by atoms with Gasteiger partial charge in [-0.05, 0) is 39.5 Å². The number of ether oxygens (including phenoxy) is 1. The molecule has 2 N–H and O–H groups in total. The molecule has 1 spiro atoms. The van der Waals surface area contributed by atoms with Crippen molar-refractivity contribution in [2.45, 2.75) is 76.5 Å². The molecule has 1 saturated heterocycles. The van der Waals surface area contributed by atoms with Gasteiger partial charge < -0.3 is 10.5 Å². The summed E-state index contributed by atoms with van der Waals surface area (Å²) in [5.74, 6) is 0. The van der Waals surface area contributed by atoms with Crippen LogP contribution in [0.1, 0.15) is 58.8 Å². The van der Waals surface area contributed by atoms with E-state index in [0.29, 0.717) is 17.1 Å². The molecule has 1 atom stereocenters. The van der Waals surface area contributed by atoms with Crippen molar-refractivity contribution in [2.75, 3.05) is 13.2 Å². The van der Waals surface area contributed by atoms with E-state index in [1.54, 1.807) is 0 Å². The average Bonchev–Trinajstić information content (AvgIpc) is 2.77. The molecule has 1 aliphatic heterocycles. The summed E-state index contributed by atoms with van der Waals surface area (Å²) in [5, 5.41) is 0. The minimum absolute atomic E-state index is 0.194. The first kappa shape index (κ1) is 15.2. The highest BCUT2D eigenvalue weighted by Gasteiger charge is 2.41. The molecule has 19 heavy (non-hydrogen) atoms. The topological polar surface area (TPSA) is 38.5 Å². The molecule has 0 aromatic heterocycles. The summed E-state index contributed by atoms with van der Waals surface area (Å²) in [4.78, 5) is 3.22. The van der Waals surface area contributed by atoms with Gasteiger partial charge in [0.15, 0.2) is 0 Å². The number of nitrogens with zero attached hydrogens (tertiary/aromatic N) is 1. The lowest BCUT2D eigenvalue weighted by Crippen LogP contribution is -2.50. The molecule has 0 aromatic carbocycles. The highest BCUT2D eigenvalue weighted by molar-refractivity contribution is 7.80. The largest absolute Gasteiger partial charge is 0.393 e. The fourth-order valence-corrected chi connectivity index (χ4v) is 3.85. The Labute approximate surface area is 122 Å². The quantitative estimate of drug-likeness (QED) is 0.788. The molecule has 0 bridgehead atoms. The lowest BCUT2D eigenvalue weighted by Gasteiger charge is -2.44. The molecule has 1 aliphatic carbocycles. The van der Waals surface area contributed by atoms with E-state index in [9.17, 15) is 0 Å². The van der Waals surface area contributed by atoms with Gasteiger partial charge in [0.1, 0.15) is 0 Å². The van der Waals surface area contributed by atoms with Crippen LogP contribution in [0.2, 0.25) is 0 Å². The second kappa shape index (κ2) is 6.51. The second-order valence-electron chi connectivity index (χ2n) is 6.43. The first-order valence-corrected chi connectivity index (χ1v) is 8.11. The lowest BCUT2D eigenvalue weighted by molar-refractivity contribution is -0.105. The fourth-order valence-electron chi connectivity index (χ4n) is 3.75. The van der Waals surface area contributed by atoms with Gasteiger partial charge in [-0.2, -0.15) is 0 Å². The van der Waals surface area contributed by atoms with Crippen molar-refractivity contribution in [1.29, 1.82) is 0 Å². The Bertz CT molecular complexity index is 313. The molecule has 1 saturated carbocycles. The predicted molar refractivity (Wildman–Crippen MR) is 83.4 cm³/mol. The molecule has 0 aromatic rings. The Balaban J connectivity index is 1.98. The maximum Gasteiger partial charge on any atom is 0.0740 e. The number of hydrogen-bond acceptors (Lipinski definition) is 3. The monoisotopic (exact) mass is 284 g/mol. The van der Waals surface area contributed by atoms with E-state index < -0.39 is 0 Å². The first-order valence-electron chi connectivity index (χ1n) is 7.70. The van der Waals surface area contributed by atoms with E-state index in [1.165, 1.54) is 32.1 Å². The van der Waals surface area contributed by atoms with Gasteiger partial charge in [-0.3, -0.25) is 4.90 Å². The van der Waals surface area contributed by atoms with Gasteiger partial charge in [0, 0.05) is 31.7 Å². The third-order valence-corrected chi connectivity index (χ3v) is 4.93. The van der Waals surface area contributed by atoms with Crippen molar-refractivity contribution in [3.05, 3.63) is 0 Å². The molecular weight excluding hydrogens is 256 g/mol. The molecule has 0 radical (unpaired) electrons. The summed E-state index contributed by atoms with van der Waals surface area (Å²) in [6.07, 6.45) is 8.36. The van der Waals surface area contributed by atoms with Crippen molar-refractivity contribution >= 4 is 17.2 Å². The van der Waals surface area contributed by atoms with Gasteiger partial charge in [0.2, 0.25) is 0 Å². The van der Waals surface area contributed by atoms with E-state index in [2.05, 4.69) is 18.7 Å². The molecule has 2 rings (SSSR count). The Kier molecular flexibility index (Phi) is 5.21. The molecule has 3 nitrogen and oxygen atoms in total. The summed E-state index contributed by atoms with van der Waals surface area (Å²) < 4.78 is 6.14. The Morgan fingerprint density at radius 3 is 2.68 bits per heavy atom. The lowest BCUT2D eigenvalue weighted by atomic mass is 9.87. The second-order valence-corrected chi connectivity index (χ2v) is 6.96. The van der Waals surface area contributed by atoms with Crippen LogP contribution in [-0.2, 0) is 4.74 Å². The van der Waals surface area contributed by atoms with Gasteiger partial charge >= 0.3 is 0 Å². The summed E-state index contributed by atoms with van der Waals surface area (Å²) in [7, 11) is 0. The van der Waals surface area contributed by atoms with E-state index >= 15 is 0 Å². The van der Waals surface area contributed by atoms with E-state index in [-0.39, 0.29) is 5.60 Å². The molecule has 1 unspecified atom stereocenters. The van der Waals surface area contributed by atoms with Gasteiger partial charge in [-0.15, -0.1) is 0 Å². The number of rotatable bonds is 5. The smallest absolute Gasteiger partial charge is 0.0740 e. The van der Waals surface area contributed by atoms with Gasteiger partial charge in [0.05, 0.1) is 10.6 Å². The van der Waals surface area contributed by atoms with Crippen molar-refractivity contribution in [3.63, 3.8) is 0 Å². The van der Waals surface area contributed by atoms with Crippen molar-refractivity contribution in [2.24, 2.45) is 5.73 Å². The van der Waals surface area contributed by atoms with E-state index in [1.807, 2.05) is 0 Å². The van der Waals surface area contributed by atoms with Crippen molar-refractivity contribution < 1.29 is 4.74 Å². The zero-order chi connectivity index (χ0) is 13.9. The van der Waals surface area contributed by atoms with Crippen LogP contribution < -0.4 is 5.73 Å². The SMILES string of the molecule is CC(C)N(CCC(N)=S)C1CCOC2(CCCC2)C1. The maximum absolute atomic E-state index is 6.14. The van der Waals surface area contributed by atoms with E-state index in [4.69, 9.17) is 22.7 Å². The van der Waals surface area contributed by atoms with Crippen LogP contribution in [0.4, 0.5) is 0 Å². The predicted octanol–water partition coefficient (Wildman–Crippen LogP) is 2.86. The molecular formula is C15H28N2OS. The summed E-state index contributed by atoms with van der Waals surface area (Å²) in [5.41, 5.74) is 5.86. The molecule has 2 aliphatic rings. The number of hydrogen-bond donors (Lipinski definition) is 1. The summed E-state index contributed by atoms with van der Waals surface area (Å²) in [6.45, 7) is 6.46.